The van der Waals surface area contributed by atoms with Crippen molar-refractivity contribution in [2.45, 2.75) is 45.2 Å². The number of hydrogen-bond acceptors (Lipinski definition) is 2. The minimum Gasteiger partial charge on any atom is -0.329 e. The molecule has 1 aliphatic heterocycles. The molecule has 0 aromatic carbocycles. The molecule has 0 radical (unpaired) electrons. The van der Waals surface area contributed by atoms with Crippen LogP contribution in [0.4, 0.5) is 0 Å². The molecule has 2 aliphatic rings. The van der Waals surface area contributed by atoms with Crippen LogP contribution in [-0.2, 0) is 19.4 Å². The highest BCUT2D eigenvalue weighted by Gasteiger charge is 2.30. The molecular weight excluding hydrogens is 174 g/mol. The fourth-order valence-corrected chi connectivity index (χ4v) is 2.40. The van der Waals surface area contributed by atoms with E-state index in [-0.39, 0.29) is 0 Å². The molecule has 0 amide bonds. The lowest BCUT2D eigenvalue weighted by Crippen LogP contribution is -2.24. The van der Waals surface area contributed by atoms with E-state index in [0.717, 1.165) is 25.6 Å². The van der Waals surface area contributed by atoms with Crippen LogP contribution >= 0.6 is 0 Å². The van der Waals surface area contributed by atoms with Gasteiger partial charge >= 0.3 is 0 Å². The van der Waals surface area contributed by atoms with Gasteiger partial charge in [-0.05, 0) is 12.8 Å². The van der Waals surface area contributed by atoms with Gasteiger partial charge in [0.2, 0.25) is 0 Å². The highest BCUT2D eigenvalue weighted by atomic mass is 15.2. The summed E-state index contributed by atoms with van der Waals surface area (Å²) in [6.45, 7) is 4.30. The van der Waals surface area contributed by atoms with Crippen LogP contribution in [0.15, 0.2) is 0 Å². The lowest BCUT2D eigenvalue weighted by Gasteiger charge is -2.15. The van der Waals surface area contributed by atoms with Gasteiger partial charge in [0, 0.05) is 37.7 Å². The number of imidazole rings is 1. The molecule has 2 heterocycles. The molecule has 1 aromatic heterocycles. The smallest absolute Gasteiger partial charge is 0.109 e. The largest absolute Gasteiger partial charge is 0.329 e. The second kappa shape index (κ2) is 3.09. The van der Waals surface area contributed by atoms with Gasteiger partial charge in [0.1, 0.15) is 5.82 Å². The third-order valence-corrected chi connectivity index (χ3v) is 3.23. The second-order valence-electron chi connectivity index (χ2n) is 4.30. The Morgan fingerprint density at radius 3 is 3.07 bits per heavy atom. The van der Waals surface area contributed by atoms with Crippen LogP contribution in [0.25, 0.3) is 0 Å². The summed E-state index contributed by atoms with van der Waals surface area (Å²) in [5, 5.41) is 3.39. The SMILES string of the molecule is CCc1nc2c(n1C1CC1)CCNC2. The van der Waals surface area contributed by atoms with Crippen LogP contribution in [0.3, 0.4) is 0 Å². The summed E-state index contributed by atoms with van der Waals surface area (Å²) in [4.78, 5) is 4.73. The van der Waals surface area contributed by atoms with Gasteiger partial charge in [0.05, 0.1) is 5.69 Å². The zero-order valence-corrected chi connectivity index (χ0v) is 8.71. The first kappa shape index (κ1) is 8.48. The number of rotatable bonds is 2. The maximum Gasteiger partial charge on any atom is 0.109 e. The summed E-state index contributed by atoms with van der Waals surface area (Å²) in [6, 6.07) is 0.791. The number of nitrogens with zero attached hydrogens (tertiary/aromatic N) is 2. The van der Waals surface area contributed by atoms with Crippen molar-refractivity contribution in [3.63, 3.8) is 0 Å². The zero-order valence-electron chi connectivity index (χ0n) is 8.71. The number of nitrogens with one attached hydrogen (secondary N) is 1. The van der Waals surface area contributed by atoms with E-state index in [0.29, 0.717) is 0 Å². The van der Waals surface area contributed by atoms with E-state index in [4.69, 9.17) is 4.98 Å². The van der Waals surface area contributed by atoms with Crippen molar-refractivity contribution >= 4 is 0 Å². The Morgan fingerprint density at radius 1 is 1.50 bits per heavy atom. The predicted molar refractivity (Wildman–Crippen MR) is 55.3 cm³/mol. The summed E-state index contributed by atoms with van der Waals surface area (Å²) in [5.74, 6) is 1.31. The quantitative estimate of drug-likeness (QED) is 0.766. The molecule has 3 rings (SSSR count). The Labute approximate surface area is 84.5 Å². The molecule has 0 bridgehead atoms. The van der Waals surface area contributed by atoms with Gasteiger partial charge in [0.25, 0.3) is 0 Å². The average molecular weight is 191 g/mol. The lowest BCUT2D eigenvalue weighted by atomic mass is 10.2. The molecule has 1 aromatic rings. The van der Waals surface area contributed by atoms with Crippen molar-refractivity contribution < 1.29 is 0 Å². The molecule has 0 saturated heterocycles. The molecule has 3 heteroatoms. The highest BCUT2D eigenvalue weighted by Crippen LogP contribution is 2.38. The van der Waals surface area contributed by atoms with Crippen LogP contribution in [0.2, 0.25) is 0 Å². The van der Waals surface area contributed by atoms with Crippen molar-refractivity contribution in [3.8, 4) is 0 Å². The van der Waals surface area contributed by atoms with Crippen molar-refractivity contribution in [2.75, 3.05) is 6.54 Å². The summed E-state index contributed by atoms with van der Waals surface area (Å²) < 4.78 is 2.52. The third-order valence-electron chi connectivity index (χ3n) is 3.23. The molecule has 1 N–H and O–H groups in total. The van der Waals surface area contributed by atoms with Gasteiger partial charge in [-0.25, -0.2) is 4.98 Å². The zero-order chi connectivity index (χ0) is 9.54. The normalized spacial score (nSPS) is 20.9. The summed E-state index contributed by atoms with van der Waals surface area (Å²) in [6.07, 6.45) is 4.97. The van der Waals surface area contributed by atoms with Gasteiger partial charge in [0.15, 0.2) is 0 Å². The Bertz CT molecular complexity index is 350. The van der Waals surface area contributed by atoms with E-state index in [1.165, 1.54) is 36.5 Å². The second-order valence-corrected chi connectivity index (χ2v) is 4.30. The lowest BCUT2D eigenvalue weighted by molar-refractivity contribution is 0.586. The summed E-state index contributed by atoms with van der Waals surface area (Å²) in [5.41, 5.74) is 2.82. The van der Waals surface area contributed by atoms with E-state index in [1.807, 2.05) is 0 Å². The average Bonchev–Trinajstić information content (AvgIpc) is 2.98. The molecule has 3 nitrogen and oxygen atoms in total. The van der Waals surface area contributed by atoms with Gasteiger partial charge < -0.3 is 9.88 Å². The first-order valence-electron chi connectivity index (χ1n) is 5.69. The van der Waals surface area contributed by atoms with Crippen LogP contribution in [0, 0.1) is 0 Å². The van der Waals surface area contributed by atoms with E-state index in [2.05, 4.69) is 16.8 Å². The molecule has 0 unspecified atom stereocenters. The Morgan fingerprint density at radius 2 is 2.36 bits per heavy atom. The van der Waals surface area contributed by atoms with Crippen molar-refractivity contribution in [1.29, 1.82) is 0 Å². The van der Waals surface area contributed by atoms with E-state index < -0.39 is 0 Å². The maximum atomic E-state index is 4.73. The topological polar surface area (TPSA) is 29.9 Å². The fourth-order valence-electron chi connectivity index (χ4n) is 2.40. The third kappa shape index (κ3) is 1.19. The van der Waals surface area contributed by atoms with Gasteiger partial charge in [-0.1, -0.05) is 6.92 Å². The van der Waals surface area contributed by atoms with E-state index >= 15 is 0 Å². The summed E-state index contributed by atoms with van der Waals surface area (Å²) >= 11 is 0. The van der Waals surface area contributed by atoms with Crippen LogP contribution in [0.5, 0.6) is 0 Å². The first-order chi connectivity index (χ1) is 6.90. The van der Waals surface area contributed by atoms with Crippen molar-refractivity contribution in [3.05, 3.63) is 17.2 Å². The number of fused-ring (bicyclic) bond motifs is 1. The minimum absolute atomic E-state index is 0.791. The number of hydrogen-bond donors (Lipinski definition) is 1. The highest BCUT2D eigenvalue weighted by molar-refractivity contribution is 5.22. The first-order valence-corrected chi connectivity index (χ1v) is 5.69. The van der Waals surface area contributed by atoms with Crippen molar-refractivity contribution in [2.24, 2.45) is 0 Å². The molecular formula is C11H17N3. The van der Waals surface area contributed by atoms with Crippen LogP contribution in [-0.4, -0.2) is 16.1 Å². The van der Waals surface area contributed by atoms with Crippen molar-refractivity contribution in [1.82, 2.24) is 14.9 Å². The Kier molecular flexibility index (Phi) is 1.87. The summed E-state index contributed by atoms with van der Waals surface area (Å²) in [7, 11) is 0. The van der Waals surface area contributed by atoms with Crippen LogP contribution < -0.4 is 5.32 Å². The van der Waals surface area contributed by atoms with E-state index in [9.17, 15) is 0 Å². The van der Waals surface area contributed by atoms with Crippen LogP contribution in [0.1, 0.15) is 43.0 Å². The van der Waals surface area contributed by atoms with Gasteiger partial charge in [-0.15, -0.1) is 0 Å². The fraction of sp³-hybridized carbons (Fsp3) is 0.727. The predicted octanol–water partition coefficient (Wildman–Crippen LogP) is 1.43. The molecule has 1 saturated carbocycles. The van der Waals surface area contributed by atoms with Gasteiger partial charge in [-0.3, -0.25) is 0 Å². The number of aryl methyl sites for hydroxylation is 1. The van der Waals surface area contributed by atoms with E-state index in [1.54, 1.807) is 0 Å². The van der Waals surface area contributed by atoms with Gasteiger partial charge in [-0.2, -0.15) is 0 Å². The molecule has 14 heavy (non-hydrogen) atoms. The molecule has 1 fully saturated rings. The number of aromatic nitrogens is 2. The Balaban J connectivity index is 2.08. The maximum absolute atomic E-state index is 4.73. The minimum atomic E-state index is 0.791. The molecule has 1 aliphatic carbocycles. The Hall–Kier alpha value is -0.830. The monoisotopic (exact) mass is 191 g/mol. The molecule has 76 valence electrons. The molecule has 0 atom stereocenters. The standard InChI is InChI=1S/C11H17N3/c1-2-11-13-9-7-12-6-5-10(9)14(11)8-3-4-8/h8,12H,2-7H2,1H3. The molecule has 0 spiro atoms.